The number of benzene rings is 4. The highest BCUT2D eigenvalue weighted by molar-refractivity contribution is 5.97. The zero-order valence-corrected chi connectivity index (χ0v) is 24.9. The fraction of sp³-hybridized carbons (Fsp3) is 0.324. The van der Waals surface area contributed by atoms with Gasteiger partial charge in [-0.3, -0.25) is 0 Å². The number of rotatable bonds is 10. The van der Waals surface area contributed by atoms with Crippen LogP contribution in [0.4, 0.5) is 0 Å². The van der Waals surface area contributed by atoms with Crippen LogP contribution in [0.3, 0.4) is 0 Å². The Labute approximate surface area is 248 Å². The van der Waals surface area contributed by atoms with E-state index in [4.69, 9.17) is 18.9 Å². The average molecular weight is 563 g/mol. The number of carbonyl (C=O) groups excluding carboxylic acids is 1. The smallest absolute Gasteiger partial charge is 0.340 e. The third-order valence-corrected chi connectivity index (χ3v) is 8.09. The van der Waals surface area contributed by atoms with Crippen molar-refractivity contribution in [2.45, 2.75) is 78.1 Å². The van der Waals surface area contributed by atoms with Gasteiger partial charge in [0.05, 0.1) is 11.7 Å². The van der Waals surface area contributed by atoms with Crippen LogP contribution in [0.2, 0.25) is 0 Å². The number of carbonyl (C=O) groups is 1. The van der Waals surface area contributed by atoms with E-state index in [1.807, 2.05) is 81.4 Å². The first-order chi connectivity index (χ1) is 20.4. The van der Waals surface area contributed by atoms with Gasteiger partial charge in [-0.25, -0.2) is 4.79 Å². The van der Waals surface area contributed by atoms with Gasteiger partial charge in [-0.1, -0.05) is 74.7 Å². The van der Waals surface area contributed by atoms with Gasteiger partial charge in [0, 0.05) is 28.8 Å². The molecule has 2 aliphatic rings. The summed E-state index contributed by atoms with van der Waals surface area (Å²) in [6.45, 7) is 8.70. The average Bonchev–Trinajstić information content (AvgIpc) is 3.28. The molecule has 0 aromatic heterocycles. The second-order valence-electron chi connectivity index (χ2n) is 11.5. The molecule has 2 heterocycles. The Morgan fingerprint density at radius 3 is 2.29 bits per heavy atom. The first-order valence-corrected chi connectivity index (χ1v) is 15.1. The molecule has 5 nitrogen and oxygen atoms in total. The van der Waals surface area contributed by atoms with Crippen LogP contribution < -0.4 is 14.2 Å². The van der Waals surface area contributed by atoms with E-state index in [-0.39, 0.29) is 12.1 Å². The van der Waals surface area contributed by atoms with Crippen molar-refractivity contribution in [2.75, 3.05) is 0 Å². The van der Waals surface area contributed by atoms with Crippen molar-refractivity contribution < 1.29 is 23.7 Å². The summed E-state index contributed by atoms with van der Waals surface area (Å²) < 4.78 is 25.7. The third-order valence-electron chi connectivity index (χ3n) is 8.09. The summed E-state index contributed by atoms with van der Waals surface area (Å²) in [6.07, 6.45) is 5.41. The molecule has 0 N–H and O–H groups in total. The number of unbranched alkanes of at least 4 members (excludes halogenated alkanes) is 3. The minimum absolute atomic E-state index is 0.00452. The van der Waals surface area contributed by atoms with Crippen LogP contribution >= 0.6 is 0 Å². The van der Waals surface area contributed by atoms with Gasteiger partial charge in [-0.15, -0.1) is 0 Å². The van der Waals surface area contributed by atoms with Crippen molar-refractivity contribution in [3.63, 3.8) is 0 Å². The van der Waals surface area contributed by atoms with E-state index < -0.39 is 5.60 Å². The number of hydrogen-bond acceptors (Lipinski definition) is 5. The maximum atomic E-state index is 13.4. The van der Waals surface area contributed by atoms with Crippen LogP contribution in [0.15, 0.2) is 78.9 Å². The van der Waals surface area contributed by atoms with E-state index in [0.717, 1.165) is 64.1 Å². The molecule has 42 heavy (non-hydrogen) atoms. The SMILES string of the molecule is CCCCCCc1cc2c(cc1OCc1ccccc1)Oc1cc(OC(C)C)c(C)cc1C21OC(=O)c2ccccc21. The number of esters is 1. The molecule has 5 heteroatoms. The number of fused-ring (bicyclic) bond motifs is 6. The quantitative estimate of drug-likeness (QED) is 0.143. The van der Waals surface area contributed by atoms with Gasteiger partial charge < -0.3 is 18.9 Å². The van der Waals surface area contributed by atoms with Crippen molar-refractivity contribution in [1.82, 2.24) is 0 Å². The van der Waals surface area contributed by atoms with Gasteiger partial charge in [0.2, 0.25) is 0 Å². The van der Waals surface area contributed by atoms with Crippen molar-refractivity contribution in [3.05, 3.63) is 118 Å². The highest BCUT2D eigenvalue weighted by Gasteiger charge is 2.54. The lowest BCUT2D eigenvalue weighted by molar-refractivity contribution is 0.0223. The topological polar surface area (TPSA) is 54.0 Å². The maximum absolute atomic E-state index is 13.4. The Kier molecular flexibility index (Phi) is 7.68. The molecule has 0 fully saturated rings. The highest BCUT2D eigenvalue weighted by Crippen LogP contribution is 2.58. The van der Waals surface area contributed by atoms with Crippen LogP contribution in [-0.2, 0) is 23.4 Å². The molecule has 4 aromatic carbocycles. The Hall–Kier alpha value is -4.25. The van der Waals surface area contributed by atoms with E-state index in [1.54, 1.807) is 0 Å². The molecule has 216 valence electrons. The van der Waals surface area contributed by atoms with E-state index in [2.05, 4.69) is 25.1 Å². The molecule has 6 rings (SSSR count). The lowest BCUT2D eigenvalue weighted by atomic mass is 9.76. The second-order valence-corrected chi connectivity index (χ2v) is 11.5. The number of aryl methyl sites for hydroxylation is 2. The second kappa shape index (κ2) is 11.6. The molecule has 1 spiro atoms. The van der Waals surface area contributed by atoms with Gasteiger partial charge in [-0.2, -0.15) is 0 Å². The molecule has 1 unspecified atom stereocenters. The van der Waals surface area contributed by atoms with Gasteiger partial charge in [-0.05, 0) is 68.5 Å². The first kappa shape index (κ1) is 27.9. The summed E-state index contributed by atoms with van der Waals surface area (Å²) in [5, 5.41) is 0. The maximum Gasteiger partial charge on any atom is 0.340 e. The molecule has 0 saturated carbocycles. The van der Waals surface area contributed by atoms with Gasteiger partial charge in [0.25, 0.3) is 0 Å². The van der Waals surface area contributed by atoms with E-state index >= 15 is 0 Å². The standard InChI is InChI=1S/C37H38O5/c1-5-6-7-11-16-27-20-31-35(22-33(27)39-23-26-14-9-8-10-15-26)41-34-21-32(40-24(2)3)25(4)19-30(34)37(31)29-18-13-12-17-28(29)36(38)42-37/h8-10,12-15,17-22,24H,5-7,11,16,23H2,1-4H3. The third kappa shape index (κ3) is 5.02. The predicted octanol–water partition coefficient (Wildman–Crippen LogP) is 9.05. The molecular formula is C37H38O5. The van der Waals surface area contributed by atoms with Crippen molar-refractivity contribution in [3.8, 4) is 23.0 Å². The van der Waals surface area contributed by atoms with E-state index in [9.17, 15) is 4.79 Å². The van der Waals surface area contributed by atoms with Crippen LogP contribution in [0.5, 0.6) is 23.0 Å². The molecular weight excluding hydrogens is 524 g/mol. The Morgan fingerprint density at radius 1 is 0.810 bits per heavy atom. The fourth-order valence-electron chi connectivity index (χ4n) is 6.06. The molecule has 0 radical (unpaired) electrons. The van der Waals surface area contributed by atoms with Crippen molar-refractivity contribution in [2.24, 2.45) is 0 Å². The minimum atomic E-state index is -1.13. The van der Waals surface area contributed by atoms with Gasteiger partial charge >= 0.3 is 5.97 Å². The lowest BCUT2D eigenvalue weighted by Gasteiger charge is -2.37. The lowest BCUT2D eigenvalue weighted by Crippen LogP contribution is -2.33. The normalized spacial score (nSPS) is 16.5. The van der Waals surface area contributed by atoms with Crippen LogP contribution in [0.25, 0.3) is 0 Å². The molecule has 0 bridgehead atoms. The molecule has 0 aliphatic carbocycles. The zero-order valence-electron chi connectivity index (χ0n) is 24.9. The van der Waals surface area contributed by atoms with Crippen LogP contribution in [0.1, 0.15) is 90.2 Å². The van der Waals surface area contributed by atoms with E-state index in [1.165, 1.54) is 12.8 Å². The van der Waals surface area contributed by atoms with E-state index in [0.29, 0.717) is 23.7 Å². The van der Waals surface area contributed by atoms with Gasteiger partial charge in [0.15, 0.2) is 5.60 Å². The monoisotopic (exact) mass is 562 g/mol. The molecule has 4 aromatic rings. The number of hydrogen-bond donors (Lipinski definition) is 0. The zero-order chi connectivity index (χ0) is 29.3. The highest BCUT2D eigenvalue weighted by atomic mass is 16.6. The Morgan fingerprint density at radius 2 is 1.52 bits per heavy atom. The Bertz CT molecular complexity index is 1610. The van der Waals surface area contributed by atoms with Crippen LogP contribution in [0, 0.1) is 6.92 Å². The largest absolute Gasteiger partial charge is 0.491 e. The first-order valence-electron chi connectivity index (χ1n) is 15.1. The summed E-state index contributed by atoms with van der Waals surface area (Å²) in [6, 6.07) is 25.9. The molecule has 0 amide bonds. The summed E-state index contributed by atoms with van der Waals surface area (Å²) in [7, 11) is 0. The fourth-order valence-corrected chi connectivity index (χ4v) is 6.06. The minimum Gasteiger partial charge on any atom is -0.491 e. The summed E-state index contributed by atoms with van der Waals surface area (Å²) in [4.78, 5) is 13.4. The summed E-state index contributed by atoms with van der Waals surface area (Å²) in [5.74, 6) is 2.42. The summed E-state index contributed by atoms with van der Waals surface area (Å²) in [5.41, 5.74) is 5.03. The summed E-state index contributed by atoms with van der Waals surface area (Å²) >= 11 is 0. The number of ether oxygens (including phenoxy) is 4. The molecule has 1 atom stereocenters. The molecule has 0 saturated heterocycles. The predicted molar refractivity (Wildman–Crippen MR) is 164 cm³/mol. The Balaban J connectivity index is 1.52. The van der Waals surface area contributed by atoms with Crippen LogP contribution in [-0.4, -0.2) is 12.1 Å². The van der Waals surface area contributed by atoms with Crippen molar-refractivity contribution >= 4 is 5.97 Å². The van der Waals surface area contributed by atoms with Gasteiger partial charge in [0.1, 0.15) is 29.6 Å². The molecule has 2 aliphatic heterocycles. The van der Waals surface area contributed by atoms with Crippen molar-refractivity contribution in [1.29, 1.82) is 0 Å².